The van der Waals surface area contributed by atoms with E-state index in [1.165, 1.54) is 24.3 Å². The number of benzene rings is 2. The van der Waals surface area contributed by atoms with Crippen LogP contribution in [0.25, 0.3) is 0 Å². The highest BCUT2D eigenvalue weighted by molar-refractivity contribution is 7.87. The molecule has 0 N–H and O–H groups in total. The first-order valence-electron chi connectivity index (χ1n) is 5.84. The van der Waals surface area contributed by atoms with Crippen molar-refractivity contribution in [1.29, 1.82) is 5.26 Å². The summed E-state index contributed by atoms with van der Waals surface area (Å²) in [4.78, 5) is -0.414. The zero-order valence-corrected chi connectivity index (χ0v) is 11.6. The molecule has 0 unspecified atom stereocenters. The van der Waals surface area contributed by atoms with E-state index in [4.69, 9.17) is 9.44 Å². The van der Waals surface area contributed by atoms with Crippen molar-refractivity contribution < 1.29 is 25.8 Å². The number of alkyl halides is 3. The van der Waals surface area contributed by atoms with E-state index in [2.05, 4.69) is 0 Å². The van der Waals surface area contributed by atoms with Crippen molar-refractivity contribution >= 4 is 10.1 Å². The summed E-state index contributed by atoms with van der Waals surface area (Å²) in [6.45, 7) is 0. The number of hydrogen-bond acceptors (Lipinski definition) is 4. The lowest BCUT2D eigenvalue weighted by atomic mass is 10.2. The molecule has 2 rings (SSSR count). The molecular formula is C14H8F3NO3S. The van der Waals surface area contributed by atoms with Crippen LogP contribution < -0.4 is 4.18 Å². The minimum Gasteiger partial charge on any atom is -0.379 e. The fourth-order valence-electron chi connectivity index (χ4n) is 1.60. The quantitative estimate of drug-likeness (QED) is 0.811. The second kappa shape index (κ2) is 5.69. The number of nitrogens with zero attached hydrogens (tertiary/aromatic N) is 1. The monoisotopic (exact) mass is 327 g/mol. The van der Waals surface area contributed by atoms with Crippen LogP contribution in [0.15, 0.2) is 53.4 Å². The third-order valence-electron chi connectivity index (χ3n) is 2.64. The highest BCUT2D eigenvalue weighted by Gasteiger charge is 2.30. The third kappa shape index (κ3) is 3.56. The van der Waals surface area contributed by atoms with Gasteiger partial charge in [0, 0.05) is 0 Å². The van der Waals surface area contributed by atoms with Gasteiger partial charge in [-0.2, -0.15) is 26.9 Å². The van der Waals surface area contributed by atoms with Gasteiger partial charge in [0.05, 0.1) is 17.2 Å². The molecule has 0 bridgehead atoms. The van der Waals surface area contributed by atoms with Gasteiger partial charge in [-0.05, 0) is 42.5 Å². The van der Waals surface area contributed by atoms with Crippen LogP contribution in [0.2, 0.25) is 0 Å². The first-order valence-corrected chi connectivity index (χ1v) is 7.25. The van der Waals surface area contributed by atoms with Gasteiger partial charge >= 0.3 is 16.3 Å². The SMILES string of the molecule is N#Cc1cccc(OS(=O)(=O)c2ccc(C(F)(F)F)cc2)c1. The minimum absolute atomic E-state index is 0.0982. The summed E-state index contributed by atoms with van der Waals surface area (Å²) in [6.07, 6.45) is -4.55. The Hall–Kier alpha value is -2.53. The lowest BCUT2D eigenvalue weighted by molar-refractivity contribution is -0.137. The Bertz CT molecular complexity index is 822. The molecule has 0 aliphatic heterocycles. The predicted molar refractivity (Wildman–Crippen MR) is 70.4 cm³/mol. The van der Waals surface area contributed by atoms with Crippen molar-refractivity contribution in [3.05, 3.63) is 59.7 Å². The lowest BCUT2D eigenvalue weighted by Gasteiger charge is -2.09. The van der Waals surface area contributed by atoms with E-state index in [9.17, 15) is 21.6 Å². The highest BCUT2D eigenvalue weighted by atomic mass is 32.2. The zero-order valence-electron chi connectivity index (χ0n) is 10.8. The van der Waals surface area contributed by atoms with Gasteiger partial charge in [0.2, 0.25) is 0 Å². The van der Waals surface area contributed by atoms with E-state index in [0.29, 0.717) is 12.1 Å². The predicted octanol–water partition coefficient (Wildman–Crippen LogP) is 3.34. The van der Waals surface area contributed by atoms with Crippen LogP contribution in [0.3, 0.4) is 0 Å². The van der Waals surface area contributed by atoms with Gasteiger partial charge < -0.3 is 4.18 Å². The molecule has 0 aromatic heterocycles. The Kier molecular flexibility index (Phi) is 4.10. The Labute approximate surface area is 124 Å². The van der Waals surface area contributed by atoms with Crippen molar-refractivity contribution in [2.75, 3.05) is 0 Å². The van der Waals surface area contributed by atoms with Crippen LogP contribution >= 0.6 is 0 Å². The second-order valence-electron chi connectivity index (χ2n) is 4.20. The van der Waals surface area contributed by atoms with E-state index in [1.807, 2.05) is 6.07 Å². The molecule has 8 heteroatoms. The Morgan fingerprint density at radius 2 is 1.68 bits per heavy atom. The molecule has 0 saturated carbocycles. The molecule has 0 atom stereocenters. The smallest absolute Gasteiger partial charge is 0.379 e. The molecule has 0 amide bonds. The Morgan fingerprint density at radius 1 is 1.05 bits per heavy atom. The number of hydrogen-bond donors (Lipinski definition) is 0. The summed E-state index contributed by atoms with van der Waals surface area (Å²) in [5.74, 6) is -0.0982. The minimum atomic E-state index is -4.55. The number of halogens is 3. The fraction of sp³-hybridized carbons (Fsp3) is 0.0714. The topological polar surface area (TPSA) is 67.2 Å². The largest absolute Gasteiger partial charge is 0.416 e. The normalized spacial score (nSPS) is 11.7. The summed E-state index contributed by atoms with van der Waals surface area (Å²) >= 11 is 0. The van der Waals surface area contributed by atoms with Crippen molar-refractivity contribution in [1.82, 2.24) is 0 Å². The van der Waals surface area contributed by atoms with Crippen LogP contribution in [0.4, 0.5) is 13.2 Å². The van der Waals surface area contributed by atoms with E-state index in [-0.39, 0.29) is 11.3 Å². The average molecular weight is 327 g/mol. The Balaban J connectivity index is 2.29. The summed E-state index contributed by atoms with van der Waals surface area (Å²) in [6, 6.07) is 10.2. The van der Waals surface area contributed by atoms with Gasteiger partial charge in [-0.15, -0.1) is 0 Å². The van der Waals surface area contributed by atoms with Crippen LogP contribution in [0.1, 0.15) is 11.1 Å². The molecular weight excluding hydrogens is 319 g/mol. The van der Waals surface area contributed by atoms with Crippen LogP contribution in [-0.4, -0.2) is 8.42 Å². The summed E-state index contributed by atoms with van der Waals surface area (Å²) < 4.78 is 66.1. The van der Waals surface area contributed by atoms with Gasteiger partial charge in [-0.3, -0.25) is 0 Å². The van der Waals surface area contributed by atoms with Gasteiger partial charge in [-0.25, -0.2) is 0 Å². The van der Waals surface area contributed by atoms with Gasteiger partial charge in [0.25, 0.3) is 0 Å². The van der Waals surface area contributed by atoms with Gasteiger partial charge in [0.1, 0.15) is 10.6 Å². The average Bonchev–Trinajstić information content (AvgIpc) is 2.46. The number of nitriles is 1. The second-order valence-corrected chi connectivity index (χ2v) is 5.75. The summed E-state index contributed by atoms with van der Waals surface area (Å²) in [7, 11) is -4.28. The molecule has 0 heterocycles. The van der Waals surface area contributed by atoms with Gasteiger partial charge in [-0.1, -0.05) is 6.07 Å². The molecule has 4 nitrogen and oxygen atoms in total. The maximum atomic E-state index is 12.4. The molecule has 114 valence electrons. The molecule has 2 aromatic carbocycles. The van der Waals surface area contributed by atoms with Crippen LogP contribution in [-0.2, 0) is 16.3 Å². The van der Waals surface area contributed by atoms with Crippen LogP contribution in [0, 0.1) is 11.3 Å². The van der Waals surface area contributed by atoms with Crippen molar-refractivity contribution in [3.63, 3.8) is 0 Å². The maximum absolute atomic E-state index is 12.4. The maximum Gasteiger partial charge on any atom is 0.416 e. The Morgan fingerprint density at radius 3 is 2.23 bits per heavy atom. The molecule has 0 aliphatic carbocycles. The molecule has 0 radical (unpaired) electrons. The van der Waals surface area contributed by atoms with Crippen molar-refractivity contribution in [2.24, 2.45) is 0 Å². The number of rotatable bonds is 3. The summed E-state index contributed by atoms with van der Waals surface area (Å²) in [5, 5.41) is 8.72. The molecule has 2 aromatic rings. The highest BCUT2D eigenvalue weighted by Crippen LogP contribution is 2.30. The standard InChI is InChI=1S/C14H8F3NO3S/c15-14(16,17)11-4-6-13(7-5-11)22(19,20)21-12-3-1-2-10(8-12)9-18/h1-8H. The zero-order chi connectivity index (χ0) is 16.4. The first kappa shape index (κ1) is 15.9. The first-order chi connectivity index (χ1) is 10.2. The molecule has 0 spiro atoms. The van der Waals surface area contributed by atoms with Crippen molar-refractivity contribution in [2.45, 2.75) is 11.1 Å². The molecule has 0 saturated heterocycles. The lowest BCUT2D eigenvalue weighted by Crippen LogP contribution is -2.11. The fourth-order valence-corrected chi connectivity index (χ4v) is 2.53. The van der Waals surface area contributed by atoms with E-state index >= 15 is 0 Å². The van der Waals surface area contributed by atoms with E-state index in [1.54, 1.807) is 0 Å². The third-order valence-corrected chi connectivity index (χ3v) is 3.90. The molecule has 0 fully saturated rings. The molecule has 22 heavy (non-hydrogen) atoms. The van der Waals surface area contributed by atoms with Crippen LogP contribution in [0.5, 0.6) is 5.75 Å². The van der Waals surface area contributed by atoms with E-state index < -0.39 is 26.8 Å². The van der Waals surface area contributed by atoms with Crippen molar-refractivity contribution in [3.8, 4) is 11.8 Å². The van der Waals surface area contributed by atoms with Gasteiger partial charge in [0.15, 0.2) is 0 Å². The summed E-state index contributed by atoms with van der Waals surface area (Å²) in [5.41, 5.74) is -0.766. The van der Waals surface area contributed by atoms with E-state index in [0.717, 1.165) is 12.1 Å². The molecule has 0 aliphatic rings.